The van der Waals surface area contributed by atoms with Crippen molar-refractivity contribution in [3.63, 3.8) is 0 Å². The second kappa shape index (κ2) is 4.77. The maximum absolute atomic E-state index is 11.5. The van der Waals surface area contributed by atoms with Gasteiger partial charge >= 0.3 is 0 Å². The summed E-state index contributed by atoms with van der Waals surface area (Å²) in [5.41, 5.74) is 0.433. The largest absolute Gasteiger partial charge is 0.349 e. The fourth-order valence-corrected chi connectivity index (χ4v) is 1.23. The summed E-state index contributed by atoms with van der Waals surface area (Å²) < 4.78 is 0. The minimum Gasteiger partial charge on any atom is -0.349 e. The summed E-state index contributed by atoms with van der Waals surface area (Å²) in [5, 5.41) is 2.83. The third-order valence-corrected chi connectivity index (χ3v) is 2.00. The fraction of sp³-hybridized carbons (Fsp3) is 0.200. The molecule has 0 unspecified atom stereocenters. The van der Waals surface area contributed by atoms with Crippen LogP contribution in [0.4, 0.5) is 0 Å². The number of amides is 1. The maximum Gasteiger partial charge on any atom is 0.217 e. The summed E-state index contributed by atoms with van der Waals surface area (Å²) >= 11 is 5.80. The summed E-state index contributed by atoms with van der Waals surface area (Å²) in [6.45, 7) is 1.35. The second-order valence-corrected chi connectivity index (χ2v) is 3.22. The molecule has 0 fully saturated rings. The number of nitrogens with one attached hydrogen (secondary N) is 1. The molecule has 1 amide bonds. The molecule has 74 valence electrons. The summed E-state index contributed by atoms with van der Waals surface area (Å²) in [6.07, 6.45) is 0. The highest BCUT2D eigenvalue weighted by atomic mass is 35.5. The predicted octanol–water partition coefficient (Wildman–Crippen LogP) is 1.66. The van der Waals surface area contributed by atoms with Gasteiger partial charge in [-0.1, -0.05) is 23.7 Å². The number of carbonyl (C=O) groups is 2. The van der Waals surface area contributed by atoms with Crippen LogP contribution < -0.4 is 5.32 Å². The normalized spacial score (nSPS) is 9.57. The lowest BCUT2D eigenvalue weighted by molar-refractivity contribution is -0.118. The van der Waals surface area contributed by atoms with Crippen molar-refractivity contribution in [2.75, 3.05) is 6.54 Å². The van der Waals surface area contributed by atoms with Crippen LogP contribution in [0.2, 0.25) is 5.02 Å². The lowest BCUT2D eigenvalue weighted by atomic mass is 10.1. The molecule has 0 aromatic heterocycles. The van der Waals surface area contributed by atoms with Crippen LogP contribution in [-0.2, 0) is 4.79 Å². The molecule has 1 aromatic rings. The van der Waals surface area contributed by atoms with Crippen LogP contribution in [0.3, 0.4) is 0 Å². The minimum atomic E-state index is -0.231. The summed E-state index contributed by atoms with van der Waals surface area (Å²) in [4.78, 5) is 22.0. The van der Waals surface area contributed by atoms with Gasteiger partial charge < -0.3 is 5.32 Å². The van der Waals surface area contributed by atoms with E-state index >= 15 is 0 Å². The van der Waals surface area contributed by atoms with Gasteiger partial charge in [0, 0.05) is 12.5 Å². The molecule has 0 radical (unpaired) electrons. The highest BCUT2D eigenvalue weighted by Crippen LogP contribution is 2.14. The quantitative estimate of drug-likeness (QED) is 0.773. The third kappa shape index (κ3) is 2.85. The van der Waals surface area contributed by atoms with E-state index in [4.69, 9.17) is 11.6 Å². The Morgan fingerprint density at radius 3 is 2.57 bits per heavy atom. The maximum atomic E-state index is 11.5. The third-order valence-electron chi connectivity index (χ3n) is 1.67. The van der Waals surface area contributed by atoms with E-state index in [0.717, 1.165) is 0 Å². The van der Waals surface area contributed by atoms with Gasteiger partial charge in [-0.15, -0.1) is 0 Å². The van der Waals surface area contributed by atoms with Gasteiger partial charge in [-0.05, 0) is 12.1 Å². The van der Waals surface area contributed by atoms with Gasteiger partial charge in [0.2, 0.25) is 5.91 Å². The highest BCUT2D eigenvalue weighted by Gasteiger charge is 2.09. The number of carbonyl (C=O) groups excluding carboxylic acids is 2. The number of hydrogen-bond acceptors (Lipinski definition) is 2. The van der Waals surface area contributed by atoms with Crippen LogP contribution in [0.25, 0.3) is 0 Å². The smallest absolute Gasteiger partial charge is 0.217 e. The number of halogens is 1. The monoisotopic (exact) mass is 211 g/mol. The molecule has 0 bridgehead atoms. The Morgan fingerprint density at radius 2 is 2.00 bits per heavy atom. The zero-order valence-corrected chi connectivity index (χ0v) is 8.47. The van der Waals surface area contributed by atoms with Crippen LogP contribution in [0.1, 0.15) is 17.3 Å². The molecule has 0 aliphatic rings. The molecule has 3 nitrogen and oxygen atoms in total. The van der Waals surface area contributed by atoms with E-state index in [2.05, 4.69) is 5.32 Å². The molecule has 1 N–H and O–H groups in total. The Bertz CT molecular complexity index is 363. The average Bonchev–Trinajstić information content (AvgIpc) is 2.15. The summed E-state index contributed by atoms with van der Waals surface area (Å²) in [5.74, 6) is -0.420. The molecule has 0 heterocycles. The number of Topliss-reactive ketones (excluding diaryl/α,β-unsaturated/α-hetero) is 1. The van der Waals surface area contributed by atoms with E-state index < -0.39 is 0 Å². The van der Waals surface area contributed by atoms with E-state index in [0.29, 0.717) is 10.6 Å². The topological polar surface area (TPSA) is 46.2 Å². The molecule has 0 saturated heterocycles. The van der Waals surface area contributed by atoms with Crippen LogP contribution in [-0.4, -0.2) is 18.2 Å². The molecule has 0 saturated carbocycles. The molecule has 0 spiro atoms. The van der Waals surface area contributed by atoms with Crippen molar-refractivity contribution < 1.29 is 9.59 Å². The first kappa shape index (κ1) is 10.7. The molecule has 4 heteroatoms. The Labute approximate surface area is 87.1 Å². The van der Waals surface area contributed by atoms with E-state index in [-0.39, 0.29) is 18.2 Å². The van der Waals surface area contributed by atoms with E-state index in [1.165, 1.54) is 6.92 Å². The first-order chi connectivity index (χ1) is 6.61. The molecule has 1 aromatic carbocycles. The Kier molecular flexibility index (Phi) is 3.65. The first-order valence-electron chi connectivity index (χ1n) is 4.13. The standard InChI is InChI=1S/C10H10ClNO2/c1-7(13)12-6-10(14)8-4-2-3-5-9(8)11/h2-5H,6H2,1H3,(H,12,13). The van der Waals surface area contributed by atoms with Gasteiger partial charge in [-0.3, -0.25) is 9.59 Å². The summed E-state index contributed by atoms with van der Waals surface area (Å²) in [6, 6.07) is 6.75. The zero-order valence-electron chi connectivity index (χ0n) is 7.71. The van der Waals surface area contributed by atoms with Crippen LogP contribution >= 0.6 is 11.6 Å². The van der Waals surface area contributed by atoms with Crippen molar-refractivity contribution in [1.29, 1.82) is 0 Å². The van der Waals surface area contributed by atoms with Gasteiger partial charge in [0.15, 0.2) is 5.78 Å². The Balaban J connectivity index is 2.70. The van der Waals surface area contributed by atoms with Crippen LogP contribution in [0, 0.1) is 0 Å². The Morgan fingerprint density at radius 1 is 1.36 bits per heavy atom. The lowest BCUT2D eigenvalue weighted by Crippen LogP contribution is -2.27. The van der Waals surface area contributed by atoms with Crippen LogP contribution in [0.5, 0.6) is 0 Å². The summed E-state index contributed by atoms with van der Waals surface area (Å²) in [7, 11) is 0. The second-order valence-electron chi connectivity index (χ2n) is 2.81. The highest BCUT2D eigenvalue weighted by molar-refractivity contribution is 6.34. The Hall–Kier alpha value is -1.35. The van der Waals surface area contributed by atoms with Gasteiger partial charge in [-0.25, -0.2) is 0 Å². The molecular weight excluding hydrogens is 202 g/mol. The van der Waals surface area contributed by atoms with Gasteiger partial charge in [-0.2, -0.15) is 0 Å². The van der Waals surface area contributed by atoms with Crippen molar-refractivity contribution in [2.45, 2.75) is 6.92 Å². The lowest BCUT2D eigenvalue weighted by Gasteiger charge is -2.03. The molecular formula is C10H10ClNO2. The number of benzene rings is 1. The van der Waals surface area contributed by atoms with Gasteiger partial charge in [0.25, 0.3) is 0 Å². The number of rotatable bonds is 3. The number of ketones is 1. The average molecular weight is 212 g/mol. The van der Waals surface area contributed by atoms with Crippen molar-refractivity contribution in [2.24, 2.45) is 0 Å². The van der Waals surface area contributed by atoms with Crippen LogP contribution in [0.15, 0.2) is 24.3 Å². The van der Waals surface area contributed by atoms with Crippen molar-refractivity contribution in [1.82, 2.24) is 5.32 Å². The molecule has 0 aliphatic heterocycles. The molecule has 1 rings (SSSR count). The first-order valence-corrected chi connectivity index (χ1v) is 4.51. The van der Waals surface area contributed by atoms with Gasteiger partial charge in [0.05, 0.1) is 11.6 Å². The van der Waals surface area contributed by atoms with Crippen molar-refractivity contribution >= 4 is 23.3 Å². The van der Waals surface area contributed by atoms with Crippen molar-refractivity contribution in [3.8, 4) is 0 Å². The molecule has 14 heavy (non-hydrogen) atoms. The van der Waals surface area contributed by atoms with E-state index in [1.54, 1.807) is 24.3 Å². The zero-order chi connectivity index (χ0) is 10.6. The predicted molar refractivity (Wildman–Crippen MR) is 54.5 cm³/mol. The molecule has 0 aliphatic carbocycles. The molecule has 0 atom stereocenters. The number of hydrogen-bond donors (Lipinski definition) is 1. The SMILES string of the molecule is CC(=O)NCC(=O)c1ccccc1Cl. The minimum absolute atomic E-state index is 0.0148. The van der Waals surface area contributed by atoms with E-state index in [1.807, 2.05) is 0 Å². The fourth-order valence-electron chi connectivity index (χ4n) is 0.987. The van der Waals surface area contributed by atoms with E-state index in [9.17, 15) is 9.59 Å². The van der Waals surface area contributed by atoms with Gasteiger partial charge in [0.1, 0.15) is 0 Å². The van der Waals surface area contributed by atoms with Crippen molar-refractivity contribution in [3.05, 3.63) is 34.9 Å².